The zero-order valence-corrected chi connectivity index (χ0v) is 19.3. The van der Waals surface area contributed by atoms with Crippen molar-refractivity contribution in [2.45, 2.75) is 31.5 Å². The number of anilines is 1. The highest BCUT2D eigenvalue weighted by molar-refractivity contribution is 7.99. The van der Waals surface area contributed by atoms with Crippen molar-refractivity contribution in [3.63, 3.8) is 0 Å². The zero-order chi connectivity index (χ0) is 23.2. The first-order valence-corrected chi connectivity index (χ1v) is 11.7. The van der Waals surface area contributed by atoms with Gasteiger partial charge in [-0.2, -0.15) is 5.10 Å². The quantitative estimate of drug-likeness (QED) is 0.168. The number of fused-ring (bicyclic) bond motifs is 1. The number of hydrogen-bond acceptors (Lipinski definition) is 7. The number of urea groups is 1. The lowest BCUT2D eigenvalue weighted by Crippen LogP contribution is -2.31. The van der Waals surface area contributed by atoms with Gasteiger partial charge >= 0.3 is 6.03 Å². The second-order valence-electron chi connectivity index (χ2n) is 7.75. The summed E-state index contributed by atoms with van der Waals surface area (Å²) in [7, 11) is 0. The topological polar surface area (TPSA) is 134 Å². The first-order valence-electron chi connectivity index (χ1n) is 10.7. The molecule has 0 fully saturated rings. The molecule has 4 aromatic rings. The van der Waals surface area contributed by atoms with Crippen LogP contribution in [0.3, 0.4) is 0 Å². The van der Waals surface area contributed by atoms with Crippen molar-refractivity contribution >= 4 is 34.6 Å². The van der Waals surface area contributed by atoms with Crippen LogP contribution in [0.2, 0.25) is 0 Å². The zero-order valence-electron chi connectivity index (χ0n) is 18.5. The van der Waals surface area contributed by atoms with Crippen LogP contribution in [-0.4, -0.2) is 43.5 Å². The van der Waals surface area contributed by atoms with Gasteiger partial charge in [-0.1, -0.05) is 55.9 Å². The number of nitrogens with two attached hydrogens (primary N) is 1. The second kappa shape index (κ2) is 10.3. The third kappa shape index (κ3) is 5.58. The van der Waals surface area contributed by atoms with Crippen molar-refractivity contribution in [3.05, 3.63) is 59.9 Å². The first-order chi connectivity index (χ1) is 16.0. The number of carbonyl (C=O) groups excluding carboxylic acids is 1. The summed E-state index contributed by atoms with van der Waals surface area (Å²) in [5.74, 6) is 1.52. The van der Waals surface area contributed by atoms with E-state index in [0.29, 0.717) is 35.3 Å². The molecule has 3 aromatic heterocycles. The minimum atomic E-state index is -0.541. The fraction of sp³-hybridized carbons (Fsp3) is 0.261. The molecule has 0 radical (unpaired) electrons. The highest BCUT2D eigenvalue weighted by Crippen LogP contribution is 2.28. The van der Waals surface area contributed by atoms with E-state index in [-0.39, 0.29) is 5.92 Å². The molecule has 9 nitrogen and oxygen atoms in total. The molecular weight excluding hydrogens is 436 g/mol. The van der Waals surface area contributed by atoms with Crippen LogP contribution in [0.15, 0.2) is 53.8 Å². The van der Waals surface area contributed by atoms with Gasteiger partial charge in [0, 0.05) is 30.6 Å². The number of benzene rings is 1. The average molecular weight is 463 g/mol. The predicted molar refractivity (Wildman–Crippen MR) is 131 cm³/mol. The lowest BCUT2D eigenvalue weighted by atomic mass is 10.1. The highest BCUT2D eigenvalue weighted by atomic mass is 32.2. The molecule has 2 amide bonds. The molecule has 4 rings (SSSR count). The molecule has 0 atom stereocenters. The summed E-state index contributed by atoms with van der Waals surface area (Å²) in [4.78, 5) is 24.7. The van der Waals surface area contributed by atoms with Crippen molar-refractivity contribution in [2.24, 2.45) is 5.73 Å². The normalized spacial score (nSPS) is 11.1. The summed E-state index contributed by atoms with van der Waals surface area (Å²) < 4.78 is 0. The Morgan fingerprint density at radius 1 is 1.12 bits per heavy atom. The van der Waals surface area contributed by atoms with Gasteiger partial charge in [0.05, 0.1) is 11.4 Å². The van der Waals surface area contributed by atoms with E-state index in [2.05, 4.69) is 68.9 Å². The summed E-state index contributed by atoms with van der Waals surface area (Å²) in [6.45, 7) is 5.21. The smallest absolute Gasteiger partial charge is 0.312 e. The third-order valence-electron chi connectivity index (χ3n) is 4.99. The van der Waals surface area contributed by atoms with Crippen LogP contribution in [0.25, 0.3) is 22.3 Å². The number of amides is 2. The van der Waals surface area contributed by atoms with E-state index in [9.17, 15) is 4.79 Å². The number of H-pyrrole nitrogens is 1. The molecule has 0 bridgehead atoms. The predicted octanol–water partition coefficient (Wildman–Crippen LogP) is 3.91. The number of nitrogens with zero attached hydrogens (tertiary/aromatic N) is 4. The maximum Gasteiger partial charge on any atom is 0.312 e. The van der Waals surface area contributed by atoms with Crippen molar-refractivity contribution in [1.29, 1.82) is 0 Å². The third-order valence-corrected chi connectivity index (χ3v) is 5.84. The summed E-state index contributed by atoms with van der Waals surface area (Å²) in [5, 5.41) is 14.2. The van der Waals surface area contributed by atoms with Crippen molar-refractivity contribution in [1.82, 2.24) is 30.5 Å². The van der Waals surface area contributed by atoms with Crippen LogP contribution >= 0.6 is 11.8 Å². The molecule has 33 heavy (non-hydrogen) atoms. The Morgan fingerprint density at radius 2 is 1.94 bits per heavy atom. The molecule has 0 saturated heterocycles. The van der Waals surface area contributed by atoms with E-state index >= 15 is 0 Å². The van der Waals surface area contributed by atoms with Crippen LogP contribution in [0.4, 0.5) is 10.6 Å². The number of carbonyl (C=O) groups is 1. The van der Waals surface area contributed by atoms with Gasteiger partial charge in [0.15, 0.2) is 16.5 Å². The maximum absolute atomic E-state index is 10.9. The Labute approximate surface area is 196 Å². The molecule has 5 N–H and O–H groups in total. The minimum Gasteiger partial charge on any atom is -0.364 e. The number of rotatable bonds is 9. The number of hydrogen-bond donors (Lipinski definition) is 4. The van der Waals surface area contributed by atoms with Gasteiger partial charge in [0.2, 0.25) is 0 Å². The van der Waals surface area contributed by atoms with Crippen LogP contribution in [0, 0.1) is 0 Å². The maximum atomic E-state index is 10.9. The molecule has 1 aromatic carbocycles. The van der Waals surface area contributed by atoms with E-state index in [1.54, 1.807) is 6.20 Å². The molecule has 170 valence electrons. The number of aromatic nitrogens is 5. The molecule has 10 heteroatoms. The number of nitrogens with one attached hydrogen (secondary N) is 3. The van der Waals surface area contributed by atoms with Gasteiger partial charge in [0.25, 0.3) is 0 Å². The van der Waals surface area contributed by atoms with Crippen molar-refractivity contribution in [2.75, 3.05) is 17.6 Å². The van der Waals surface area contributed by atoms with E-state index < -0.39 is 6.03 Å². The van der Waals surface area contributed by atoms with Crippen LogP contribution in [-0.2, 0) is 6.54 Å². The molecule has 3 heterocycles. The number of aromatic amines is 1. The van der Waals surface area contributed by atoms with Gasteiger partial charge in [-0.05, 0) is 23.6 Å². The largest absolute Gasteiger partial charge is 0.364 e. The molecule has 0 saturated carbocycles. The van der Waals surface area contributed by atoms with Crippen LogP contribution < -0.4 is 16.4 Å². The van der Waals surface area contributed by atoms with E-state index in [1.807, 2.05) is 18.2 Å². The van der Waals surface area contributed by atoms with Gasteiger partial charge in [-0.3, -0.25) is 10.1 Å². The van der Waals surface area contributed by atoms with Gasteiger partial charge < -0.3 is 16.4 Å². The lowest BCUT2D eigenvalue weighted by molar-refractivity contribution is 0.249. The van der Waals surface area contributed by atoms with Gasteiger partial charge in [0.1, 0.15) is 5.52 Å². The van der Waals surface area contributed by atoms with E-state index in [0.717, 1.165) is 28.0 Å². The lowest BCUT2D eigenvalue weighted by Gasteiger charge is -2.10. The number of primary amides is 1. The summed E-state index contributed by atoms with van der Waals surface area (Å²) in [5.41, 5.74) is 10.7. The molecule has 0 aliphatic carbocycles. The summed E-state index contributed by atoms with van der Waals surface area (Å²) >= 11 is 1.46. The molecule has 0 unspecified atom stereocenters. The van der Waals surface area contributed by atoms with E-state index in [4.69, 9.17) is 10.7 Å². The monoisotopic (exact) mass is 462 g/mol. The van der Waals surface area contributed by atoms with Crippen molar-refractivity contribution in [3.8, 4) is 11.3 Å². The Balaban J connectivity index is 1.52. The molecule has 0 aliphatic heterocycles. The number of pyridine rings is 1. The molecule has 0 aliphatic rings. The Kier molecular flexibility index (Phi) is 7.04. The highest BCUT2D eigenvalue weighted by Gasteiger charge is 2.17. The average Bonchev–Trinajstić information content (AvgIpc) is 3.26. The first kappa shape index (κ1) is 22.5. The Hall–Kier alpha value is -3.66. The molecular formula is C23H26N8OS. The Morgan fingerprint density at radius 3 is 2.64 bits per heavy atom. The van der Waals surface area contributed by atoms with Gasteiger partial charge in [-0.15, -0.1) is 0 Å². The standard InChI is InChI=1S/C23H26N8OS/c1-14(2)18-19-20(31-30-18)21(29-23(28-19)33-12-11-26-22(24)32)27-13-15-6-8-16(9-7-15)17-5-3-4-10-25-17/h3-10,14H,11-13H2,1-2H3,(H,30,31)(H3,24,26,32)(H,27,28,29). The summed E-state index contributed by atoms with van der Waals surface area (Å²) in [6.07, 6.45) is 1.79. The summed E-state index contributed by atoms with van der Waals surface area (Å²) in [6, 6.07) is 13.6. The van der Waals surface area contributed by atoms with Gasteiger partial charge in [-0.25, -0.2) is 14.8 Å². The number of thioether (sulfide) groups is 1. The SMILES string of the molecule is CC(C)c1[nH]nc2c(NCc3ccc(-c4ccccn4)cc3)nc(SCCNC(N)=O)nc12. The van der Waals surface area contributed by atoms with E-state index in [1.165, 1.54) is 11.8 Å². The fourth-order valence-electron chi connectivity index (χ4n) is 3.32. The van der Waals surface area contributed by atoms with Crippen LogP contribution in [0.1, 0.15) is 31.0 Å². The van der Waals surface area contributed by atoms with Crippen LogP contribution in [0.5, 0.6) is 0 Å². The second-order valence-corrected chi connectivity index (χ2v) is 8.81. The minimum absolute atomic E-state index is 0.242. The Bertz CT molecular complexity index is 1220. The molecule has 0 spiro atoms. The van der Waals surface area contributed by atoms with Crippen molar-refractivity contribution < 1.29 is 4.79 Å². The fourth-order valence-corrected chi connectivity index (χ4v) is 4.02.